The molecule has 12 heteroatoms. The molecule has 1 aliphatic heterocycles. The van der Waals surface area contributed by atoms with Gasteiger partial charge in [0.25, 0.3) is 0 Å². The van der Waals surface area contributed by atoms with Crippen molar-refractivity contribution in [3.63, 3.8) is 0 Å². The molecule has 57 heavy (non-hydrogen) atoms. The van der Waals surface area contributed by atoms with E-state index < -0.39 is 23.8 Å². The summed E-state index contributed by atoms with van der Waals surface area (Å²) >= 11 is 0. The number of amides is 1. The van der Waals surface area contributed by atoms with Crippen LogP contribution in [-0.4, -0.2) is 92.2 Å². The lowest BCUT2D eigenvalue weighted by Crippen LogP contribution is -2.70. The third-order valence-electron chi connectivity index (χ3n) is 11.1. The van der Waals surface area contributed by atoms with Gasteiger partial charge in [0.05, 0.1) is 37.5 Å². The summed E-state index contributed by atoms with van der Waals surface area (Å²) in [6, 6.07) is 10.2. The highest BCUT2D eigenvalue weighted by atomic mass is 16.7. The molecule has 2 aromatic rings. The van der Waals surface area contributed by atoms with Crippen LogP contribution in [0.2, 0.25) is 0 Å². The van der Waals surface area contributed by atoms with Crippen LogP contribution < -0.4 is 14.2 Å². The lowest BCUT2D eigenvalue weighted by molar-refractivity contribution is -0.255. The molecule has 0 unspecified atom stereocenters. The molecule has 0 saturated heterocycles. The van der Waals surface area contributed by atoms with Crippen molar-refractivity contribution in [1.82, 2.24) is 4.90 Å². The summed E-state index contributed by atoms with van der Waals surface area (Å²) in [6.45, 7) is 13.1. The lowest BCUT2D eigenvalue weighted by atomic mass is 9.55. The number of oxime groups is 1. The van der Waals surface area contributed by atoms with Crippen LogP contribution >= 0.6 is 0 Å². The van der Waals surface area contributed by atoms with Crippen LogP contribution in [0, 0.1) is 23.2 Å². The van der Waals surface area contributed by atoms with Crippen LogP contribution in [0.15, 0.2) is 65.9 Å². The van der Waals surface area contributed by atoms with E-state index in [9.17, 15) is 19.8 Å². The van der Waals surface area contributed by atoms with Gasteiger partial charge in [0.15, 0.2) is 6.29 Å². The first kappa shape index (κ1) is 43.7. The maximum atomic E-state index is 14.3. The largest absolute Gasteiger partial charge is 0.496 e. The summed E-state index contributed by atoms with van der Waals surface area (Å²) < 4.78 is 32.0. The molecule has 312 valence electrons. The van der Waals surface area contributed by atoms with Crippen LogP contribution in [0.5, 0.6) is 23.0 Å². The van der Waals surface area contributed by atoms with Gasteiger partial charge in [0.2, 0.25) is 5.79 Å². The molecule has 5 rings (SSSR count). The fourth-order valence-corrected chi connectivity index (χ4v) is 8.80. The Morgan fingerprint density at radius 2 is 1.77 bits per heavy atom. The molecule has 1 fully saturated rings. The standard InChI is InChI=1S/C45H62N2O10/c1-8-20-47(43(51)54-29-44(3,4)5)40-27-37(46-53-7)35-25-30(14-10-12-21-48)34(15-11-13-22-49)41-36-26-33(56-32-16-18-38(52-6)31(24-32)28-50)17-19-39(36)57-45(40,42(35)41)55-23-9-2/h9,16-19,24-26,28,30,34,40-42,48-49H,2,8,10-15,20-23,27,29H2,1,3-7H3/t30-,34+,40-,41+,42+,45+/m0/s1. The van der Waals surface area contributed by atoms with Crippen molar-refractivity contribution in [2.45, 2.75) is 96.8 Å². The molecule has 12 nitrogen and oxygen atoms in total. The quantitative estimate of drug-likeness (QED) is 0.0580. The number of fused-ring (bicyclic) bond motifs is 2. The van der Waals surface area contributed by atoms with E-state index in [1.807, 2.05) is 45.9 Å². The average Bonchev–Trinajstić information content (AvgIpc) is 3.20. The third kappa shape index (κ3) is 9.84. The molecule has 6 atom stereocenters. The van der Waals surface area contributed by atoms with E-state index in [1.54, 1.807) is 29.2 Å². The Labute approximate surface area is 337 Å². The van der Waals surface area contributed by atoms with Gasteiger partial charge in [-0.05, 0) is 91.3 Å². The fourth-order valence-electron chi connectivity index (χ4n) is 8.80. The zero-order chi connectivity index (χ0) is 41.2. The molecule has 1 heterocycles. The van der Waals surface area contributed by atoms with Gasteiger partial charge >= 0.3 is 6.09 Å². The van der Waals surface area contributed by atoms with Gasteiger partial charge in [-0.25, -0.2) is 4.79 Å². The monoisotopic (exact) mass is 790 g/mol. The van der Waals surface area contributed by atoms with Gasteiger partial charge in [-0.1, -0.05) is 57.8 Å². The molecule has 2 aromatic carbocycles. The summed E-state index contributed by atoms with van der Waals surface area (Å²) in [7, 11) is 3.04. The number of nitrogens with zero attached hydrogens (tertiary/aromatic N) is 2. The van der Waals surface area contributed by atoms with Crippen LogP contribution in [0.3, 0.4) is 0 Å². The second-order valence-corrected chi connectivity index (χ2v) is 16.4. The molecule has 1 amide bonds. The number of carbonyl (C=O) groups is 2. The van der Waals surface area contributed by atoms with Crippen molar-refractivity contribution in [3.8, 4) is 23.0 Å². The van der Waals surface area contributed by atoms with E-state index in [0.29, 0.717) is 60.1 Å². The molecule has 0 spiro atoms. The molecule has 0 aromatic heterocycles. The highest BCUT2D eigenvalue weighted by Crippen LogP contribution is 2.62. The summed E-state index contributed by atoms with van der Waals surface area (Å²) in [6.07, 6.45) is 9.80. The summed E-state index contributed by atoms with van der Waals surface area (Å²) in [5, 5.41) is 24.3. The van der Waals surface area contributed by atoms with Crippen molar-refractivity contribution < 1.29 is 48.3 Å². The Hall–Kier alpha value is -4.39. The van der Waals surface area contributed by atoms with Gasteiger partial charge in [0.1, 0.15) is 36.1 Å². The Morgan fingerprint density at radius 1 is 1.05 bits per heavy atom. The zero-order valence-electron chi connectivity index (χ0n) is 34.5. The smallest absolute Gasteiger partial charge is 0.410 e. The Bertz CT molecular complexity index is 1750. The molecular formula is C45H62N2O10. The van der Waals surface area contributed by atoms with Crippen LogP contribution in [0.1, 0.15) is 101 Å². The number of hydrogen-bond acceptors (Lipinski definition) is 11. The number of rotatable bonds is 20. The number of carbonyl (C=O) groups excluding carboxylic acids is 2. The number of ether oxygens (including phenoxy) is 5. The van der Waals surface area contributed by atoms with Crippen molar-refractivity contribution in [1.29, 1.82) is 0 Å². The second-order valence-electron chi connectivity index (χ2n) is 16.4. The molecule has 3 aliphatic rings. The van der Waals surface area contributed by atoms with E-state index in [2.05, 4.69) is 17.8 Å². The molecule has 0 bridgehead atoms. The van der Waals surface area contributed by atoms with E-state index in [-0.39, 0.29) is 56.0 Å². The number of unbranched alkanes of at least 4 members (excludes halogenated alkanes) is 2. The Kier molecular flexibility index (Phi) is 15.2. The summed E-state index contributed by atoms with van der Waals surface area (Å²) in [4.78, 5) is 33.4. The maximum absolute atomic E-state index is 14.3. The molecule has 0 radical (unpaired) electrons. The van der Waals surface area contributed by atoms with Crippen molar-refractivity contribution in [3.05, 3.63) is 71.8 Å². The maximum Gasteiger partial charge on any atom is 0.410 e. The minimum Gasteiger partial charge on any atom is -0.496 e. The normalized spacial score (nSPS) is 24.3. The minimum atomic E-state index is -1.39. The number of aliphatic hydroxyl groups excluding tert-OH is 2. The van der Waals surface area contributed by atoms with Crippen molar-refractivity contribution in [2.75, 3.05) is 47.2 Å². The molecule has 2 N–H and O–H groups in total. The van der Waals surface area contributed by atoms with Gasteiger partial charge in [-0.3, -0.25) is 9.69 Å². The van der Waals surface area contributed by atoms with Crippen molar-refractivity contribution >= 4 is 18.1 Å². The second kappa shape index (κ2) is 19.8. The number of benzene rings is 2. The molecule has 2 aliphatic carbocycles. The van der Waals surface area contributed by atoms with Crippen LogP contribution in [-0.2, 0) is 14.3 Å². The number of allylic oxidation sites excluding steroid dienone is 1. The van der Waals surface area contributed by atoms with E-state index in [0.717, 1.165) is 43.1 Å². The van der Waals surface area contributed by atoms with Gasteiger partial charge < -0.3 is 38.7 Å². The van der Waals surface area contributed by atoms with E-state index in [4.69, 9.17) is 28.5 Å². The fraction of sp³-hybridized carbons (Fsp3) is 0.578. The number of hydrogen-bond donors (Lipinski definition) is 2. The minimum absolute atomic E-state index is 0.0475. The predicted octanol–water partition coefficient (Wildman–Crippen LogP) is 8.46. The van der Waals surface area contributed by atoms with E-state index in [1.165, 1.54) is 14.2 Å². The number of aliphatic hydroxyl groups is 2. The SMILES string of the molecule is C=CCO[C@@]12Oc3ccc(Oc4ccc(OC)c(C=O)c4)cc3[C@H]3[C@H](CCCCO)[C@@H](CCCCO)C=C(C(=NOC)C[C@@H]1N(CCC)C(=O)OCC(C)(C)C)[C@H]32. The highest BCUT2D eigenvalue weighted by molar-refractivity contribution is 6.03. The third-order valence-corrected chi connectivity index (χ3v) is 11.1. The first-order valence-corrected chi connectivity index (χ1v) is 20.3. The van der Waals surface area contributed by atoms with Crippen molar-refractivity contribution in [2.24, 2.45) is 28.3 Å². The molecule has 1 saturated carbocycles. The lowest BCUT2D eigenvalue weighted by Gasteiger charge is -2.60. The first-order valence-electron chi connectivity index (χ1n) is 20.3. The Morgan fingerprint density at radius 3 is 2.42 bits per heavy atom. The predicted molar refractivity (Wildman–Crippen MR) is 218 cm³/mol. The first-order chi connectivity index (χ1) is 27.5. The topological polar surface area (TPSA) is 146 Å². The molecular weight excluding hydrogens is 728 g/mol. The Balaban J connectivity index is 1.75. The van der Waals surface area contributed by atoms with E-state index >= 15 is 0 Å². The summed E-state index contributed by atoms with van der Waals surface area (Å²) in [5.74, 6) is 0.144. The number of aldehydes is 1. The van der Waals surface area contributed by atoms with Gasteiger partial charge in [-0.15, -0.1) is 6.58 Å². The zero-order valence-corrected chi connectivity index (χ0v) is 34.5. The van der Waals surface area contributed by atoms with Gasteiger partial charge in [-0.2, -0.15) is 0 Å². The van der Waals surface area contributed by atoms with Gasteiger partial charge in [0, 0.05) is 37.7 Å². The summed E-state index contributed by atoms with van der Waals surface area (Å²) in [5.41, 5.74) is 2.68. The van der Waals surface area contributed by atoms with Crippen LogP contribution in [0.25, 0.3) is 0 Å². The highest BCUT2D eigenvalue weighted by Gasteiger charge is 2.65. The van der Waals surface area contributed by atoms with Crippen LogP contribution in [0.4, 0.5) is 4.79 Å². The number of methoxy groups -OCH3 is 1. The average molecular weight is 791 g/mol.